The Bertz CT molecular complexity index is 614. The topological polar surface area (TPSA) is 60.9 Å². The van der Waals surface area contributed by atoms with Gasteiger partial charge in [-0.05, 0) is 61.7 Å². The summed E-state index contributed by atoms with van der Waals surface area (Å²) in [6.45, 7) is 0.465. The van der Waals surface area contributed by atoms with Gasteiger partial charge in [-0.2, -0.15) is 18.3 Å². The fraction of sp³-hybridized carbons (Fsp3) is 0.750. The highest BCUT2D eigenvalue weighted by atomic mass is 19.4. The van der Waals surface area contributed by atoms with Crippen LogP contribution in [0.2, 0.25) is 0 Å². The summed E-state index contributed by atoms with van der Waals surface area (Å²) in [7, 11) is 0. The first-order valence-corrected chi connectivity index (χ1v) is 8.18. The van der Waals surface area contributed by atoms with Crippen molar-refractivity contribution in [2.45, 2.75) is 51.2 Å². The van der Waals surface area contributed by atoms with Crippen LogP contribution < -0.4 is 5.73 Å². The standard InChI is InChI=1S/C16H20F3N3O/c17-16(18,19)13-12(14(20)23)7-22(21-13)8-15-4-9-1-10(5-15)3-11(2-9)6-15/h7,9-11H,1-6,8H2,(H2,20,23). The van der Waals surface area contributed by atoms with Crippen molar-refractivity contribution < 1.29 is 18.0 Å². The summed E-state index contributed by atoms with van der Waals surface area (Å²) in [5, 5.41) is 3.67. The number of hydrogen-bond donors (Lipinski definition) is 1. The molecule has 0 saturated heterocycles. The van der Waals surface area contributed by atoms with E-state index in [2.05, 4.69) is 5.10 Å². The third-order valence-corrected chi connectivity index (χ3v) is 5.96. The average molecular weight is 327 g/mol. The summed E-state index contributed by atoms with van der Waals surface area (Å²) >= 11 is 0. The van der Waals surface area contributed by atoms with Gasteiger partial charge in [0.2, 0.25) is 0 Å². The van der Waals surface area contributed by atoms with Gasteiger partial charge in [0.15, 0.2) is 5.69 Å². The van der Waals surface area contributed by atoms with Crippen LogP contribution in [0.25, 0.3) is 0 Å². The molecule has 4 bridgehead atoms. The van der Waals surface area contributed by atoms with E-state index in [1.165, 1.54) is 30.1 Å². The molecular weight excluding hydrogens is 307 g/mol. The Labute approximate surface area is 132 Å². The molecule has 2 N–H and O–H groups in total. The first kappa shape index (κ1) is 15.0. The highest BCUT2D eigenvalue weighted by Gasteiger charge is 2.51. The fourth-order valence-corrected chi connectivity index (χ4v) is 5.72. The van der Waals surface area contributed by atoms with E-state index in [9.17, 15) is 18.0 Å². The molecule has 1 heterocycles. The lowest BCUT2D eigenvalue weighted by Crippen LogP contribution is -2.48. The zero-order valence-electron chi connectivity index (χ0n) is 12.8. The molecule has 0 radical (unpaired) electrons. The third-order valence-electron chi connectivity index (χ3n) is 5.96. The van der Waals surface area contributed by atoms with Crippen molar-refractivity contribution in [3.8, 4) is 0 Å². The molecule has 1 aromatic heterocycles. The Morgan fingerprint density at radius 1 is 1.22 bits per heavy atom. The number of nitrogens with zero attached hydrogens (tertiary/aromatic N) is 2. The Hall–Kier alpha value is -1.53. The second-order valence-corrected chi connectivity index (χ2v) is 7.87. The molecule has 4 aliphatic rings. The molecule has 0 aliphatic heterocycles. The first-order chi connectivity index (χ1) is 10.7. The number of rotatable bonds is 3. The molecule has 0 unspecified atom stereocenters. The van der Waals surface area contributed by atoms with Gasteiger partial charge >= 0.3 is 6.18 Å². The van der Waals surface area contributed by atoms with E-state index in [4.69, 9.17) is 5.73 Å². The predicted molar refractivity (Wildman–Crippen MR) is 76.4 cm³/mol. The minimum Gasteiger partial charge on any atom is -0.365 e. The minimum absolute atomic E-state index is 0.0541. The van der Waals surface area contributed by atoms with Gasteiger partial charge in [0.1, 0.15) is 0 Å². The van der Waals surface area contributed by atoms with Crippen LogP contribution in [-0.2, 0) is 12.7 Å². The molecule has 126 valence electrons. The molecule has 0 atom stereocenters. The fourth-order valence-electron chi connectivity index (χ4n) is 5.72. The molecule has 5 rings (SSSR count). The van der Waals surface area contributed by atoms with Crippen LogP contribution in [0.1, 0.15) is 54.6 Å². The maximum atomic E-state index is 13.0. The van der Waals surface area contributed by atoms with Crippen LogP contribution in [-0.4, -0.2) is 15.7 Å². The summed E-state index contributed by atoms with van der Waals surface area (Å²) in [5.74, 6) is 1.08. The van der Waals surface area contributed by atoms with Gasteiger partial charge in [0.25, 0.3) is 5.91 Å². The number of halogens is 3. The van der Waals surface area contributed by atoms with Crippen molar-refractivity contribution >= 4 is 5.91 Å². The smallest absolute Gasteiger partial charge is 0.365 e. The van der Waals surface area contributed by atoms with Crippen molar-refractivity contribution in [3.05, 3.63) is 17.5 Å². The van der Waals surface area contributed by atoms with Crippen molar-refractivity contribution in [1.82, 2.24) is 9.78 Å². The molecular formula is C16H20F3N3O. The van der Waals surface area contributed by atoms with E-state index in [-0.39, 0.29) is 5.41 Å². The zero-order valence-corrected chi connectivity index (χ0v) is 12.8. The lowest BCUT2D eigenvalue weighted by Gasteiger charge is -2.56. The highest BCUT2D eigenvalue weighted by Crippen LogP contribution is 2.60. The molecule has 23 heavy (non-hydrogen) atoms. The number of primary amides is 1. The molecule has 0 spiro atoms. The second kappa shape index (κ2) is 4.74. The van der Waals surface area contributed by atoms with E-state index in [0.29, 0.717) is 6.54 Å². The normalized spacial score (nSPS) is 35.7. The number of hydrogen-bond acceptors (Lipinski definition) is 2. The highest BCUT2D eigenvalue weighted by molar-refractivity contribution is 5.93. The quantitative estimate of drug-likeness (QED) is 0.926. The lowest BCUT2D eigenvalue weighted by molar-refractivity contribution is -0.142. The largest absolute Gasteiger partial charge is 0.435 e. The Balaban J connectivity index is 1.63. The Morgan fingerprint density at radius 3 is 2.13 bits per heavy atom. The summed E-state index contributed by atoms with van der Waals surface area (Å²) in [4.78, 5) is 11.3. The van der Waals surface area contributed by atoms with Gasteiger partial charge in [-0.3, -0.25) is 9.48 Å². The summed E-state index contributed by atoms with van der Waals surface area (Å²) < 4.78 is 40.4. The van der Waals surface area contributed by atoms with Crippen LogP contribution in [0.4, 0.5) is 13.2 Å². The maximum absolute atomic E-state index is 13.0. The van der Waals surface area contributed by atoms with Gasteiger partial charge in [-0.15, -0.1) is 0 Å². The molecule has 0 aromatic carbocycles. The van der Waals surface area contributed by atoms with Crippen molar-refractivity contribution in [3.63, 3.8) is 0 Å². The van der Waals surface area contributed by atoms with Gasteiger partial charge in [0.05, 0.1) is 5.56 Å². The summed E-state index contributed by atoms with van der Waals surface area (Å²) in [6.07, 6.45) is 3.58. The SMILES string of the molecule is NC(=O)c1cn(CC23CC4CC(CC(C4)C2)C3)nc1C(F)(F)F. The molecule has 1 amide bonds. The van der Waals surface area contributed by atoms with Crippen LogP contribution in [0, 0.1) is 23.2 Å². The number of alkyl halides is 3. The van der Waals surface area contributed by atoms with Crippen molar-refractivity contribution in [2.24, 2.45) is 28.9 Å². The van der Waals surface area contributed by atoms with E-state index in [1.807, 2.05) is 0 Å². The van der Waals surface area contributed by atoms with Crippen molar-refractivity contribution in [2.75, 3.05) is 0 Å². The Kier molecular flexibility index (Phi) is 3.09. The van der Waals surface area contributed by atoms with E-state index < -0.39 is 23.3 Å². The van der Waals surface area contributed by atoms with Crippen LogP contribution in [0.3, 0.4) is 0 Å². The van der Waals surface area contributed by atoms with E-state index >= 15 is 0 Å². The average Bonchev–Trinajstić information content (AvgIpc) is 2.80. The van der Waals surface area contributed by atoms with Crippen LogP contribution in [0.5, 0.6) is 0 Å². The number of carbonyl (C=O) groups excluding carboxylic acids is 1. The lowest BCUT2D eigenvalue weighted by atomic mass is 9.49. The first-order valence-electron chi connectivity index (χ1n) is 8.18. The Morgan fingerprint density at radius 2 is 1.74 bits per heavy atom. The maximum Gasteiger partial charge on any atom is 0.435 e. The number of amides is 1. The van der Waals surface area contributed by atoms with Gasteiger partial charge < -0.3 is 5.73 Å². The minimum atomic E-state index is -4.66. The molecule has 4 saturated carbocycles. The van der Waals surface area contributed by atoms with Crippen LogP contribution in [0.15, 0.2) is 6.20 Å². The monoisotopic (exact) mass is 327 g/mol. The van der Waals surface area contributed by atoms with Gasteiger partial charge in [0, 0.05) is 12.7 Å². The predicted octanol–water partition coefficient (Wildman–Crippen LogP) is 3.22. The number of carbonyl (C=O) groups is 1. The van der Waals surface area contributed by atoms with E-state index in [1.54, 1.807) is 0 Å². The van der Waals surface area contributed by atoms with Gasteiger partial charge in [-0.1, -0.05) is 0 Å². The van der Waals surface area contributed by atoms with Crippen molar-refractivity contribution in [1.29, 1.82) is 0 Å². The molecule has 1 aromatic rings. The van der Waals surface area contributed by atoms with E-state index in [0.717, 1.165) is 37.0 Å². The molecule has 7 heteroatoms. The summed E-state index contributed by atoms with van der Waals surface area (Å²) in [6, 6.07) is 0. The number of nitrogens with two attached hydrogens (primary N) is 1. The molecule has 4 nitrogen and oxygen atoms in total. The number of aromatic nitrogens is 2. The molecule has 4 fully saturated rings. The zero-order chi connectivity index (χ0) is 16.4. The van der Waals surface area contributed by atoms with Crippen LogP contribution >= 0.6 is 0 Å². The third kappa shape index (κ3) is 2.54. The second-order valence-electron chi connectivity index (χ2n) is 7.87. The molecule has 4 aliphatic carbocycles. The summed E-state index contributed by atoms with van der Waals surface area (Å²) in [5.41, 5.74) is 3.46. The van der Waals surface area contributed by atoms with Gasteiger partial charge in [-0.25, -0.2) is 0 Å².